The van der Waals surface area contributed by atoms with Crippen molar-refractivity contribution in [2.75, 3.05) is 19.8 Å². The van der Waals surface area contributed by atoms with Gasteiger partial charge in [0, 0.05) is 0 Å². The van der Waals surface area contributed by atoms with Gasteiger partial charge in [-0.05, 0) is 47.5 Å². The second-order valence-electron chi connectivity index (χ2n) is 6.49. The number of rotatable bonds is 5. The van der Waals surface area contributed by atoms with Gasteiger partial charge in [-0.25, -0.2) is 0 Å². The van der Waals surface area contributed by atoms with Crippen LogP contribution in [0.15, 0.2) is 60.7 Å². The first-order valence-corrected chi connectivity index (χ1v) is 8.99. The molecule has 138 valence electrons. The molecule has 1 aliphatic heterocycles. The summed E-state index contributed by atoms with van der Waals surface area (Å²) in [4.78, 5) is 12.3. The fourth-order valence-electron chi connectivity index (χ4n) is 3.10. The van der Waals surface area contributed by atoms with Crippen LogP contribution >= 0.6 is 0 Å². The van der Waals surface area contributed by atoms with Crippen LogP contribution in [0.25, 0.3) is 10.8 Å². The largest absolute Gasteiger partial charge is 0.486 e. The van der Waals surface area contributed by atoms with Crippen molar-refractivity contribution in [3.05, 3.63) is 66.2 Å². The zero-order valence-corrected chi connectivity index (χ0v) is 15.1. The van der Waals surface area contributed by atoms with Gasteiger partial charge in [0.25, 0.3) is 5.91 Å². The molecular weight excluding hydrogens is 342 g/mol. The van der Waals surface area contributed by atoms with Gasteiger partial charge in [-0.2, -0.15) is 0 Å². The Balaban J connectivity index is 1.35. The first-order chi connectivity index (χ1) is 13.2. The molecule has 27 heavy (non-hydrogen) atoms. The monoisotopic (exact) mass is 363 g/mol. The van der Waals surface area contributed by atoms with Gasteiger partial charge >= 0.3 is 0 Å². The summed E-state index contributed by atoms with van der Waals surface area (Å²) >= 11 is 0. The summed E-state index contributed by atoms with van der Waals surface area (Å²) in [5.41, 5.74) is 0.957. The average molecular weight is 363 g/mol. The molecule has 0 saturated heterocycles. The molecular formula is C22H21NO4. The summed E-state index contributed by atoms with van der Waals surface area (Å²) in [6.45, 7) is 2.99. The molecule has 1 amide bonds. The van der Waals surface area contributed by atoms with Crippen molar-refractivity contribution in [1.29, 1.82) is 0 Å². The molecule has 0 spiro atoms. The maximum absolute atomic E-state index is 12.3. The maximum Gasteiger partial charge on any atom is 0.258 e. The van der Waals surface area contributed by atoms with E-state index in [1.165, 1.54) is 0 Å². The van der Waals surface area contributed by atoms with Gasteiger partial charge in [-0.1, -0.05) is 36.4 Å². The number of nitrogens with one attached hydrogen (secondary N) is 1. The van der Waals surface area contributed by atoms with Crippen molar-refractivity contribution < 1.29 is 19.0 Å². The highest BCUT2D eigenvalue weighted by Crippen LogP contribution is 2.32. The lowest BCUT2D eigenvalue weighted by molar-refractivity contribution is -0.123. The van der Waals surface area contributed by atoms with E-state index in [9.17, 15) is 4.79 Å². The second kappa shape index (κ2) is 7.58. The fraction of sp³-hybridized carbons (Fsp3) is 0.227. The molecule has 1 atom stereocenters. The van der Waals surface area contributed by atoms with E-state index in [2.05, 4.69) is 5.32 Å². The number of fused-ring (bicyclic) bond motifs is 2. The molecule has 0 unspecified atom stereocenters. The van der Waals surface area contributed by atoms with E-state index < -0.39 is 0 Å². The minimum Gasteiger partial charge on any atom is -0.486 e. The molecule has 1 N–H and O–H groups in total. The van der Waals surface area contributed by atoms with Crippen molar-refractivity contribution in [1.82, 2.24) is 5.32 Å². The Kier molecular flexibility index (Phi) is 4.83. The molecule has 0 saturated carbocycles. The van der Waals surface area contributed by atoms with Crippen LogP contribution in [0, 0.1) is 0 Å². The Hall–Kier alpha value is -3.21. The smallest absolute Gasteiger partial charge is 0.258 e. The highest BCUT2D eigenvalue weighted by atomic mass is 16.6. The lowest BCUT2D eigenvalue weighted by Gasteiger charge is -2.21. The summed E-state index contributed by atoms with van der Waals surface area (Å²) in [5, 5.41) is 5.17. The minimum absolute atomic E-state index is 0.0345. The maximum atomic E-state index is 12.3. The van der Waals surface area contributed by atoms with E-state index in [1.807, 2.05) is 67.6 Å². The van der Waals surface area contributed by atoms with Crippen molar-refractivity contribution in [3.63, 3.8) is 0 Å². The normalized spacial score (nSPS) is 13.8. The van der Waals surface area contributed by atoms with E-state index in [0.29, 0.717) is 24.7 Å². The van der Waals surface area contributed by atoms with Crippen molar-refractivity contribution in [2.45, 2.75) is 13.0 Å². The first kappa shape index (κ1) is 17.2. The number of amides is 1. The third-order valence-corrected chi connectivity index (χ3v) is 4.53. The molecule has 5 heteroatoms. The van der Waals surface area contributed by atoms with Crippen LogP contribution in [-0.2, 0) is 4.79 Å². The fourth-order valence-corrected chi connectivity index (χ4v) is 3.10. The van der Waals surface area contributed by atoms with Crippen LogP contribution in [-0.4, -0.2) is 25.7 Å². The molecule has 0 fully saturated rings. The van der Waals surface area contributed by atoms with Gasteiger partial charge in [-0.3, -0.25) is 4.79 Å². The van der Waals surface area contributed by atoms with Crippen molar-refractivity contribution in [2.24, 2.45) is 0 Å². The Labute approximate surface area is 157 Å². The zero-order valence-electron chi connectivity index (χ0n) is 15.1. The molecule has 3 aromatic rings. The zero-order chi connectivity index (χ0) is 18.6. The summed E-state index contributed by atoms with van der Waals surface area (Å²) < 4.78 is 16.8. The highest BCUT2D eigenvalue weighted by molar-refractivity contribution is 5.84. The lowest BCUT2D eigenvalue weighted by atomic mass is 10.1. The van der Waals surface area contributed by atoms with Crippen LogP contribution in [0.5, 0.6) is 17.2 Å². The van der Waals surface area contributed by atoms with Gasteiger partial charge < -0.3 is 19.5 Å². The second-order valence-corrected chi connectivity index (χ2v) is 6.49. The van der Waals surface area contributed by atoms with Crippen LogP contribution < -0.4 is 19.5 Å². The van der Waals surface area contributed by atoms with Crippen LogP contribution in [0.4, 0.5) is 0 Å². The Morgan fingerprint density at radius 3 is 2.63 bits per heavy atom. The van der Waals surface area contributed by atoms with E-state index in [4.69, 9.17) is 14.2 Å². The number of carbonyl (C=O) groups excluding carboxylic acids is 1. The van der Waals surface area contributed by atoms with Crippen LogP contribution in [0.2, 0.25) is 0 Å². The van der Waals surface area contributed by atoms with Crippen LogP contribution in [0.3, 0.4) is 0 Å². The number of hydrogen-bond donors (Lipinski definition) is 1. The van der Waals surface area contributed by atoms with E-state index in [0.717, 1.165) is 22.1 Å². The molecule has 0 aromatic heterocycles. The van der Waals surface area contributed by atoms with Gasteiger partial charge in [0.2, 0.25) is 0 Å². The highest BCUT2D eigenvalue weighted by Gasteiger charge is 2.16. The third kappa shape index (κ3) is 3.97. The summed E-state index contributed by atoms with van der Waals surface area (Å²) in [6.07, 6.45) is 0. The predicted molar refractivity (Wildman–Crippen MR) is 103 cm³/mol. The standard InChI is InChI=1S/C22H21NO4/c1-15(17-7-9-20-21(13-17)26-11-10-25-20)23-22(24)14-27-19-8-6-16-4-2-3-5-18(16)12-19/h2-9,12-13,15H,10-11,14H2,1H3,(H,23,24)/t15-/m1/s1. The number of ether oxygens (including phenoxy) is 3. The Morgan fingerprint density at radius 2 is 1.78 bits per heavy atom. The minimum atomic E-state index is -0.175. The molecule has 0 bridgehead atoms. The summed E-state index contributed by atoms with van der Waals surface area (Å²) in [7, 11) is 0. The topological polar surface area (TPSA) is 56.8 Å². The van der Waals surface area contributed by atoms with Crippen molar-refractivity contribution >= 4 is 16.7 Å². The van der Waals surface area contributed by atoms with Gasteiger partial charge in [0.15, 0.2) is 18.1 Å². The number of carbonyl (C=O) groups is 1. The average Bonchev–Trinajstić information content (AvgIpc) is 2.71. The SMILES string of the molecule is C[C@@H](NC(=O)COc1ccc2ccccc2c1)c1ccc2c(c1)OCCO2. The predicted octanol–water partition coefficient (Wildman–Crippen LogP) is 3.87. The summed E-state index contributed by atoms with van der Waals surface area (Å²) in [6, 6.07) is 19.4. The molecule has 0 radical (unpaired) electrons. The number of benzene rings is 3. The van der Waals surface area contributed by atoms with E-state index in [-0.39, 0.29) is 18.6 Å². The quantitative estimate of drug-likeness (QED) is 0.748. The third-order valence-electron chi connectivity index (χ3n) is 4.53. The molecule has 0 aliphatic carbocycles. The lowest BCUT2D eigenvalue weighted by Crippen LogP contribution is -2.31. The van der Waals surface area contributed by atoms with E-state index in [1.54, 1.807) is 0 Å². The molecule has 1 heterocycles. The molecule has 4 rings (SSSR count). The molecule has 1 aliphatic rings. The van der Waals surface area contributed by atoms with Crippen LogP contribution in [0.1, 0.15) is 18.5 Å². The number of hydrogen-bond acceptors (Lipinski definition) is 4. The van der Waals surface area contributed by atoms with Gasteiger partial charge in [-0.15, -0.1) is 0 Å². The van der Waals surface area contributed by atoms with Gasteiger partial charge in [0.05, 0.1) is 6.04 Å². The van der Waals surface area contributed by atoms with Gasteiger partial charge in [0.1, 0.15) is 19.0 Å². The first-order valence-electron chi connectivity index (χ1n) is 8.99. The molecule has 3 aromatic carbocycles. The summed E-state index contributed by atoms with van der Waals surface area (Å²) in [5.74, 6) is 1.96. The Bertz CT molecular complexity index is 969. The van der Waals surface area contributed by atoms with E-state index >= 15 is 0 Å². The van der Waals surface area contributed by atoms with Crippen molar-refractivity contribution in [3.8, 4) is 17.2 Å². The Morgan fingerprint density at radius 1 is 1.00 bits per heavy atom. The molecule has 5 nitrogen and oxygen atoms in total.